The number of carbonyl (C=O) groups is 2. The first-order chi connectivity index (χ1) is 15.5. The van der Waals surface area contributed by atoms with Crippen molar-refractivity contribution in [3.05, 3.63) is 23.8 Å². The van der Waals surface area contributed by atoms with Crippen molar-refractivity contribution in [1.82, 2.24) is 5.32 Å². The van der Waals surface area contributed by atoms with Crippen LogP contribution in [0.2, 0.25) is 0 Å². The van der Waals surface area contributed by atoms with Crippen LogP contribution in [0, 0.1) is 28.6 Å². The average molecular weight is 460 g/mol. The molecule has 0 aromatic heterocycles. The van der Waals surface area contributed by atoms with Gasteiger partial charge in [0, 0.05) is 22.8 Å². The highest BCUT2D eigenvalue weighted by atomic mass is 19.1. The molecule has 0 spiro atoms. The first-order valence-corrected chi connectivity index (χ1v) is 12.8. The maximum Gasteiger partial charge on any atom is 0.253 e. The fourth-order valence-electron chi connectivity index (χ4n) is 8.57. The summed E-state index contributed by atoms with van der Waals surface area (Å²) in [4.78, 5) is 25.6. The molecule has 4 fully saturated rings. The van der Waals surface area contributed by atoms with Crippen LogP contribution in [-0.2, 0) is 9.59 Å². The van der Waals surface area contributed by atoms with E-state index in [1.54, 1.807) is 13.0 Å². The van der Waals surface area contributed by atoms with E-state index in [0.29, 0.717) is 19.3 Å². The molecule has 0 radical (unpaired) electrons. The number of alkyl halides is 1. The number of rotatable bonds is 2. The zero-order chi connectivity index (χ0) is 23.8. The summed E-state index contributed by atoms with van der Waals surface area (Å²) < 4.78 is 17.2. The number of aliphatic hydroxyl groups excluding tert-OH is 1. The predicted molar refractivity (Wildman–Crippen MR) is 123 cm³/mol. The van der Waals surface area contributed by atoms with Crippen LogP contribution in [0.15, 0.2) is 23.8 Å². The van der Waals surface area contributed by atoms with Gasteiger partial charge in [-0.25, -0.2) is 4.39 Å². The second-order valence-corrected chi connectivity index (χ2v) is 12.0. The molecular weight excluding hydrogens is 421 g/mol. The van der Waals surface area contributed by atoms with Crippen LogP contribution >= 0.6 is 0 Å². The van der Waals surface area contributed by atoms with Crippen molar-refractivity contribution in [1.29, 1.82) is 0 Å². The van der Waals surface area contributed by atoms with Crippen molar-refractivity contribution < 1.29 is 24.2 Å². The largest absolute Gasteiger partial charge is 0.390 e. The number of halogens is 1. The van der Waals surface area contributed by atoms with Crippen molar-refractivity contribution in [2.45, 2.75) is 102 Å². The van der Waals surface area contributed by atoms with E-state index >= 15 is 4.39 Å². The standard InChI is InChI=1S/C27H38FNO4/c1-16-13-21-20-10-9-17-14-19(30)11-12-24(17,2)26(20,28)22(31)15-25(21,3)27(16,33)23(32)29-18-7-5-4-6-8-18/h11-12,14,16,18,20-22,31,33H,4-10,13,15H2,1-3H3,(H,29,32)/t16-,20+,21+,22+,24+,25+,26+,27+/m1/s1. The Labute approximate surface area is 195 Å². The van der Waals surface area contributed by atoms with E-state index in [9.17, 15) is 19.8 Å². The van der Waals surface area contributed by atoms with Crippen molar-refractivity contribution in [2.24, 2.45) is 28.6 Å². The molecule has 6 heteroatoms. The minimum absolute atomic E-state index is 0.0221. The lowest BCUT2D eigenvalue weighted by Gasteiger charge is -2.62. The Morgan fingerprint density at radius 3 is 2.55 bits per heavy atom. The highest BCUT2D eigenvalue weighted by Crippen LogP contribution is 2.70. The number of nitrogens with one attached hydrogen (secondary N) is 1. The van der Waals surface area contributed by atoms with E-state index < -0.39 is 34.1 Å². The molecule has 182 valence electrons. The van der Waals surface area contributed by atoms with Gasteiger partial charge in [0.25, 0.3) is 5.91 Å². The topological polar surface area (TPSA) is 86.6 Å². The van der Waals surface area contributed by atoms with Crippen LogP contribution in [0.25, 0.3) is 0 Å². The number of ketones is 1. The minimum Gasteiger partial charge on any atom is -0.390 e. The van der Waals surface area contributed by atoms with Crippen molar-refractivity contribution in [3.8, 4) is 0 Å². The van der Waals surface area contributed by atoms with Gasteiger partial charge >= 0.3 is 0 Å². The van der Waals surface area contributed by atoms with Crippen LogP contribution in [0.5, 0.6) is 0 Å². The molecule has 1 amide bonds. The number of aliphatic hydroxyl groups is 2. The summed E-state index contributed by atoms with van der Waals surface area (Å²) in [5.41, 5.74) is -4.82. The lowest BCUT2D eigenvalue weighted by Crippen LogP contribution is -2.70. The lowest BCUT2D eigenvalue weighted by molar-refractivity contribution is -0.219. The fourth-order valence-corrected chi connectivity index (χ4v) is 8.57. The zero-order valence-electron chi connectivity index (χ0n) is 20.1. The van der Waals surface area contributed by atoms with Crippen LogP contribution in [-0.4, -0.2) is 45.3 Å². The smallest absolute Gasteiger partial charge is 0.253 e. The van der Waals surface area contributed by atoms with Gasteiger partial charge in [-0.3, -0.25) is 9.59 Å². The van der Waals surface area contributed by atoms with Crippen molar-refractivity contribution >= 4 is 11.7 Å². The summed E-state index contributed by atoms with van der Waals surface area (Å²) in [7, 11) is 0. The minimum atomic E-state index is -1.94. The SMILES string of the molecule is C[C@@H]1C[C@H]2[C@@H]3CCC4=CC(=O)C=C[C@]4(C)[C@@]3(F)[C@@H](O)C[C@]2(C)[C@@]1(O)C(=O)NC1CCCCC1. The first kappa shape index (κ1) is 23.2. The molecule has 33 heavy (non-hydrogen) atoms. The highest BCUT2D eigenvalue weighted by Gasteiger charge is 2.75. The molecule has 0 saturated heterocycles. The monoisotopic (exact) mass is 459 g/mol. The molecule has 8 atom stereocenters. The molecule has 0 heterocycles. The second-order valence-electron chi connectivity index (χ2n) is 12.0. The van der Waals surface area contributed by atoms with Gasteiger partial charge in [-0.05, 0) is 69.4 Å². The van der Waals surface area contributed by atoms with Gasteiger partial charge in [0.2, 0.25) is 0 Å². The summed E-state index contributed by atoms with van der Waals surface area (Å²) in [6.45, 7) is 5.57. The Balaban J connectivity index is 1.50. The maximum absolute atomic E-state index is 17.2. The van der Waals surface area contributed by atoms with E-state index in [1.165, 1.54) is 18.6 Å². The Kier molecular flexibility index (Phi) is 5.27. The molecule has 3 N–H and O–H groups in total. The Hall–Kier alpha value is -1.53. The number of amides is 1. The maximum atomic E-state index is 17.2. The van der Waals surface area contributed by atoms with E-state index in [-0.39, 0.29) is 36.0 Å². The molecule has 5 aliphatic carbocycles. The molecular formula is C27H38FNO4. The van der Waals surface area contributed by atoms with Gasteiger partial charge in [-0.15, -0.1) is 0 Å². The van der Waals surface area contributed by atoms with E-state index in [2.05, 4.69) is 5.32 Å². The fraction of sp³-hybridized carbons (Fsp3) is 0.778. The van der Waals surface area contributed by atoms with Crippen LogP contribution in [0.4, 0.5) is 4.39 Å². The van der Waals surface area contributed by atoms with Gasteiger partial charge < -0.3 is 15.5 Å². The second kappa shape index (κ2) is 7.48. The van der Waals surface area contributed by atoms with Gasteiger partial charge in [-0.1, -0.05) is 44.8 Å². The summed E-state index contributed by atoms with van der Waals surface area (Å²) in [6, 6.07) is 0.0742. The molecule has 5 nitrogen and oxygen atoms in total. The van der Waals surface area contributed by atoms with E-state index in [4.69, 9.17) is 0 Å². The third-order valence-electron chi connectivity index (χ3n) is 10.5. The molecule has 0 aromatic carbocycles. The van der Waals surface area contributed by atoms with Gasteiger partial charge in [-0.2, -0.15) is 0 Å². The number of fused-ring (bicyclic) bond motifs is 5. The molecule has 0 aromatic rings. The number of hydrogen-bond acceptors (Lipinski definition) is 4. The Morgan fingerprint density at radius 2 is 1.85 bits per heavy atom. The van der Waals surface area contributed by atoms with Gasteiger partial charge in [0.05, 0.1) is 6.10 Å². The van der Waals surface area contributed by atoms with Gasteiger partial charge in [0.1, 0.15) is 0 Å². The normalized spacial score (nSPS) is 49.6. The molecule has 5 rings (SSSR count). The highest BCUT2D eigenvalue weighted by molar-refractivity contribution is 6.01. The van der Waals surface area contributed by atoms with E-state index in [1.807, 2.05) is 13.8 Å². The van der Waals surface area contributed by atoms with Crippen molar-refractivity contribution in [3.63, 3.8) is 0 Å². The number of carbonyl (C=O) groups excluding carboxylic acids is 2. The van der Waals surface area contributed by atoms with Crippen LogP contribution in [0.3, 0.4) is 0 Å². The van der Waals surface area contributed by atoms with E-state index in [0.717, 1.165) is 31.3 Å². The average Bonchev–Trinajstić information content (AvgIpc) is 2.97. The molecule has 0 aliphatic heterocycles. The zero-order valence-corrected chi connectivity index (χ0v) is 20.1. The molecule has 0 bridgehead atoms. The summed E-state index contributed by atoms with van der Waals surface area (Å²) in [5.74, 6) is -1.55. The Bertz CT molecular complexity index is 925. The first-order valence-electron chi connectivity index (χ1n) is 12.8. The molecule has 4 saturated carbocycles. The molecule has 5 aliphatic rings. The van der Waals surface area contributed by atoms with Crippen molar-refractivity contribution in [2.75, 3.05) is 0 Å². The third kappa shape index (κ3) is 2.89. The third-order valence-corrected chi connectivity index (χ3v) is 10.5. The number of hydrogen-bond donors (Lipinski definition) is 3. The summed E-state index contributed by atoms with van der Waals surface area (Å²) in [5, 5.41) is 26.5. The predicted octanol–water partition coefficient (Wildman–Crippen LogP) is 3.78. The van der Waals surface area contributed by atoms with Crippen LogP contribution < -0.4 is 5.32 Å². The summed E-state index contributed by atoms with van der Waals surface area (Å²) >= 11 is 0. The quantitative estimate of drug-likeness (QED) is 0.587. The number of allylic oxidation sites excluding steroid dienone is 4. The summed E-state index contributed by atoms with van der Waals surface area (Å²) in [6.07, 6.45) is 10.1. The lowest BCUT2D eigenvalue weighted by atomic mass is 9.44. The Morgan fingerprint density at radius 1 is 1.15 bits per heavy atom. The van der Waals surface area contributed by atoms with Crippen LogP contribution in [0.1, 0.15) is 78.6 Å². The van der Waals surface area contributed by atoms with Gasteiger partial charge in [0.15, 0.2) is 17.1 Å². The molecule has 0 unspecified atom stereocenters.